The molecular weight excluding hydrogens is 737 g/mol. The first-order valence-electron chi connectivity index (χ1n) is 20.3. The highest BCUT2D eigenvalue weighted by Gasteiger charge is 2.25. The summed E-state index contributed by atoms with van der Waals surface area (Å²) < 4.78 is 19.1. The van der Waals surface area contributed by atoms with Crippen LogP contribution in [0.2, 0.25) is 0 Å². The van der Waals surface area contributed by atoms with Gasteiger partial charge in [-0.25, -0.2) is 0 Å². The van der Waals surface area contributed by atoms with Crippen LogP contribution in [0.3, 0.4) is 0 Å². The van der Waals surface area contributed by atoms with Gasteiger partial charge < -0.3 is 24.7 Å². The Bertz CT molecular complexity index is 3070. The first-order valence-corrected chi connectivity index (χ1v) is 20.3. The molecule has 3 heterocycles. The highest BCUT2D eigenvalue weighted by molar-refractivity contribution is 6.06. The molecule has 3 aromatic heterocycles. The molecule has 0 spiro atoms. The topological polar surface area (TPSA) is 91.5 Å². The minimum Gasteiger partial charge on any atom is -0.460 e. The number of rotatable bonds is 7. The number of para-hydroxylation sites is 2. The van der Waals surface area contributed by atoms with Crippen molar-refractivity contribution < 1.29 is 13.3 Å². The number of allylic oxidation sites excluding steroid dienone is 1. The predicted molar refractivity (Wildman–Crippen MR) is 253 cm³/mol. The molecule has 0 fully saturated rings. The van der Waals surface area contributed by atoms with Crippen LogP contribution in [0.1, 0.15) is 66.8 Å². The fourth-order valence-corrected chi connectivity index (χ4v) is 7.68. The number of furan rings is 3. The van der Waals surface area contributed by atoms with Crippen LogP contribution in [-0.2, 0) is 18.5 Å². The summed E-state index contributed by atoms with van der Waals surface area (Å²) in [5, 5.41) is 5.51. The lowest BCUT2D eigenvalue weighted by Gasteiger charge is -2.26. The molecule has 4 N–H and O–H groups in total. The van der Waals surface area contributed by atoms with E-state index in [-0.39, 0.29) is 0 Å². The van der Waals surface area contributed by atoms with E-state index in [1.54, 1.807) is 0 Å². The molecule has 10 aromatic rings. The third-order valence-corrected chi connectivity index (χ3v) is 10.9. The van der Waals surface area contributed by atoms with E-state index in [9.17, 15) is 0 Å². The molecule has 0 saturated carbocycles. The summed E-state index contributed by atoms with van der Waals surface area (Å²) in [5.41, 5.74) is 23.7. The lowest BCUT2D eigenvalue weighted by atomic mass is 9.85. The molecule has 0 aliphatic rings. The number of hydrogen-bond donors (Lipinski definition) is 2. The van der Waals surface area contributed by atoms with Gasteiger partial charge in [0, 0.05) is 45.5 Å². The molecule has 5 nitrogen and oxygen atoms in total. The van der Waals surface area contributed by atoms with Gasteiger partial charge >= 0.3 is 0 Å². The van der Waals surface area contributed by atoms with E-state index in [0.29, 0.717) is 13.0 Å². The average Bonchev–Trinajstić information content (AvgIpc) is 3.98. The van der Waals surface area contributed by atoms with Crippen molar-refractivity contribution in [1.29, 1.82) is 0 Å². The number of hydrogen-bond acceptors (Lipinski definition) is 5. The quantitative estimate of drug-likeness (QED) is 0.157. The van der Waals surface area contributed by atoms with Gasteiger partial charge in [0.05, 0.1) is 5.54 Å². The number of benzene rings is 7. The van der Waals surface area contributed by atoms with Crippen molar-refractivity contribution in [2.45, 2.75) is 46.2 Å². The molecule has 0 aliphatic carbocycles. The van der Waals surface area contributed by atoms with Crippen molar-refractivity contribution in [2.24, 2.45) is 11.5 Å². The molecule has 60 heavy (non-hydrogen) atoms. The van der Waals surface area contributed by atoms with Gasteiger partial charge in [0.1, 0.15) is 33.7 Å². The van der Waals surface area contributed by atoms with Crippen LogP contribution < -0.4 is 11.5 Å². The fourth-order valence-electron chi connectivity index (χ4n) is 7.68. The second-order valence-electron chi connectivity index (χ2n) is 14.6. The third-order valence-electron chi connectivity index (χ3n) is 10.9. The second-order valence-corrected chi connectivity index (χ2v) is 14.6. The average molecular weight is 787 g/mol. The molecule has 0 saturated heterocycles. The van der Waals surface area contributed by atoms with Gasteiger partial charge in [-0.05, 0) is 95.8 Å². The molecular formula is C55H50N2O3. The molecule has 10 rings (SSSR count). The lowest BCUT2D eigenvalue weighted by Crippen LogP contribution is -2.34. The largest absolute Gasteiger partial charge is 0.460 e. The van der Waals surface area contributed by atoms with Crippen LogP contribution in [0, 0.1) is 12.8 Å². The highest BCUT2D eigenvalue weighted by Crippen LogP contribution is 2.38. The van der Waals surface area contributed by atoms with E-state index in [4.69, 9.17) is 24.7 Å². The first kappa shape index (κ1) is 41.1. The van der Waals surface area contributed by atoms with E-state index in [1.165, 1.54) is 5.56 Å². The van der Waals surface area contributed by atoms with Crippen molar-refractivity contribution in [2.75, 3.05) is 0 Å². The molecule has 298 valence electrons. The van der Waals surface area contributed by atoms with Crippen LogP contribution in [0.4, 0.5) is 0 Å². The van der Waals surface area contributed by atoms with E-state index in [2.05, 4.69) is 112 Å². The van der Waals surface area contributed by atoms with Crippen molar-refractivity contribution >= 4 is 66.5 Å². The van der Waals surface area contributed by atoms with Crippen LogP contribution in [-0.4, -0.2) is 0 Å². The van der Waals surface area contributed by atoms with Crippen molar-refractivity contribution in [3.8, 4) is 12.8 Å². The molecule has 0 radical (unpaired) electrons. The molecule has 5 heteroatoms. The SMILES string of the molecule is C#C.C/C(=C\c1c(Cc2ccc3c(c2)oc2ccccc23)oc2ccc(C(C)(N)c3ccccc3)cc12)c1ccc2c(c1)oc1ccccc12.CC.NCc1ccccc1. The summed E-state index contributed by atoms with van der Waals surface area (Å²) in [4.78, 5) is 0. The lowest BCUT2D eigenvalue weighted by molar-refractivity contribution is 0.560. The van der Waals surface area contributed by atoms with E-state index < -0.39 is 5.54 Å². The minimum absolute atomic E-state index is 0.608. The van der Waals surface area contributed by atoms with E-state index in [1.807, 2.05) is 98.8 Å². The second kappa shape index (κ2) is 18.2. The van der Waals surface area contributed by atoms with E-state index >= 15 is 0 Å². The van der Waals surface area contributed by atoms with Crippen LogP contribution >= 0.6 is 0 Å². The molecule has 7 aromatic carbocycles. The zero-order valence-corrected chi connectivity index (χ0v) is 34.6. The smallest absolute Gasteiger partial charge is 0.136 e. The Labute approximate surface area is 351 Å². The fraction of sp³-hybridized carbons (Fsp3) is 0.127. The maximum atomic E-state index is 7.03. The maximum Gasteiger partial charge on any atom is 0.136 e. The molecule has 0 amide bonds. The number of nitrogens with two attached hydrogens (primary N) is 2. The van der Waals surface area contributed by atoms with Gasteiger partial charge in [-0.1, -0.05) is 135 Å². The van der Waals surface area contributed by atoms with Crippen LogP contribution in [0.25, 0.3) is 66.5 Å². The Balaban J connectivity index is 0.000000401. The number of terminal acetylenes is 1. The molecule has 0 bridgehead atoms. The normalized spacial score (nSPS) is 12.3. The Morgan fingerprint density at radius 2 is 1.07 bits per heavy atom. The zero-order valence-electron chi connectivity index (χ0n) is 34.6. The third kappa shape index (κ3) is 8.26. The maximum absolute atomic E-state index is 7.03. The summed E-state index contributed by atoms with van der Waals surface area (Å²) >= 11 is 0. The van der Waals surface area contributed by atoms with Crippen molar-refractivity contribution in [3.05, 3.63) is 203 Å². The van der Waals surface area contributed by atoms with Crippen molar-refractivity contribution in [3.63, 3.8) is 0 Å². The predicted octanol–water partition coefficient (Wildman–Crippen LogP) is 14.0. The number of fused-ring (bicyclic) bond motifs is 7. The molecule has 1 atom stereocenters. The van der Waals surface area contributed by atoms with Crippen LogP contribution in [0.5, 0.6) is 0 Å². The van der Waals surface area contributed by atoms with Gasteiger partial charge in [0.2, 0.25) is 0 Å². The summed E-state index contributed by atoms with van der Waals surface area (Å²) in [6.45, 7) is 8.85. The van der Waals surface area contributed by atoms with Crippen LogP contribution in [0.15, 0.2) is 177 Å². The van der Waals surface area contributed by atoms with E-state index in [0.717, 1.165) is 94.0 Å². The Morgan fingerprint density at radius 1 is 0.533 bits per heavy atom. The Kier molecular flexibility index (Phi) is 12.5. The molecule has 1 unspecified atom stereocenters. The minimum atomic E-state index is -0.679. The monoisotopic (exact) mass is 786 g/mol. The van der Waals surface area contributed by atoms with Gasteiger partial charge in [-0.15, -0.1) is 12.8 Å². The standard InChI is InChI=1S/C44H33NO3.C7H9N.C2H6.C2H2/c1-27(29-17-20-35-33-13-7-9-15-39(33)47-43(35)25-29)22-36-37-26-31(44(2,45)30-10-4-3-5-11-30)18-21-40(37)48-42(36)24-28-16-19-34-32-12-6-8-14-38(32)46-41(34)23-28;8-6-7-4-2-1-3-5-7;2*1-2/h3-23,25-26H,24,45H2,1-2H3;1-5H,6,8H2;1-2H3;1-2H/b27-22+;;;. The summed E-state index contributed by atoms with van der Waals surface area (Å²) in [6, 6.07) is 55.8. The van der Waals surface area contributed by atoms with Gasteiger partial charge in [-0.3, -0.25) is 0 Å². The first-order chi connectivity index (χ1) is 29.4. The summed E-state index contributed by atoms with van der Waals surface area (Å²) in [5.74, 6) is 0.889. The Hall–Kier alpha value is -7.10. The zero-order chi connectivity index (χ0) is 42.2. The van der Waals surface area contributed by atoms with Gasteiger partial charge in [0.15, 0.2) is 0 Å². The Morgan fingerprint density at radius 3 is 1.68 bits per heavy atom. The summed E-state index contributed by atoms with van der Waals surface area (Å²) in [7, 11) is 0. The van der Waals surface area contributed by atoms with Gasteiger partial charge in [-0.2, -0.15) is 0 Å². The molecule has 0 aliphatic heterocycles. The van der Waals surface area contributed by atoms with Gasteiger partial charge in [0.25, 0.3) is 0 Å². The highest BCUT2D eigenvalue weighted by atomic mass is 16.3. The summed E-state index contributed by atoms with van der Waals surface area (Å²) in [6.07, 6.45) is 10.8. The van der Waals surface area contributed by atoms with Crippen molar-refractivity contribution in [1.82, 2.24) is 0 Å².